The van der Waals surface area contributed by atoms with Crippen LogP contribution in [0.1, 0.15) is 30.4 Å². The second-order valence-corrected chi connectivity index (χ2v) is 5.81. The number of pyridine rings is 1. The summed E-state index contributed by atoms with van der Waals surface area (Å²) in [5.74, 6) is -0.700. The third kappa shape index (κ3) is 2.90. The molecule has 1 unspecified atom stereocenters. The zero-order valence-electron chi connectivity index (χ0n) is 12.2. The summed E-state index contributed by atoms with van der Waals surface area (Å²) in [6.45, 7) is 3.62. The molecule has 0 aliphatic carbocycles. The molecule has 2 heterocycles. The number of nitrogens with zero attached hydrogens (tertiary/aromatic N) is 2. The van der Waals surface area contributed by atoms with Gasteiger partial charge in [0.25, 0.3) is 0 Å². The summed E-state index contributed by atoms with van der Waals surface area (Å²) in [5, 5.41) is 10.5. The van der Waals surface area contributed by atoms with Gasteiger partial charge in [0.2, 0.25) is 0 Å². The molecule has 4 heteroatoms. The molecule has 4 nitrogen and oxygen atoms in total. The van der Waals surface area contributed by atoms with Crippen molar-refractivity contribution in [3.05, 3.63) is 41.6 Å². The third-order valence-electron chi connectivity index (χ3n) is 4.24. The zero-order valence-corrected chi connectivity index (χ0v) is 12.2. The molecular formula is C17H20N2O2. The summed E-state index contributed by atoms with van der Waals surface area (Å²) < 4.78 is 0. The van der Waals surface area contributed by atoms with Crippen LogP contribution in [0.3, 0.4) is 0 Å². The molecule has 0 saturated carbocycles. The van der Waals surface area contributed by atoms with Gasteiger partial charge in [-0.15, -0.1) is 0 Å². The molecule has 110 valence electrons. The van der Waals surface area contributed by atoms with E-state index >= 15 is 0 Å². The van der Waals surface area contributed by atoms with Crippen molar-refractivity contribution in [1.29, 1.82) is 0 Å². The Morgan fingerprint density at radius 3 is 3.10 bits per heavy atom. The first-order chi connectivity index (χ1) is 10.1. The Kier molecular flexibility index (Phi) is 3.88. The van der Waals surface area contributed by atoms with E-state index in [0.717, 1.165) is 42.3 Å². The Morgan fingerprint density at radius 2 is 2.29 bits per heavy atom. The molecule has 21 heavy (non-hydrogen) atoms. The molecule has 1 N–H and O–H groups in total. The third-order valence-corrected chi connectivity index (χ3v) is 4.24. The van der Waals surface area contributed by atoms with E-state index in [-0.39, 0.29) is 6.04 Å². The van der Waals surface area contributed by atoms with Crippen LogP contribution < -0.4 is 0 Å². The molecule has 0 radical (unpaired) electrons. The fourth-order valence-corrected chi connectivity index (χ4v) is 3.24. The van der Waals surface area contributed by atoms with E-state index in [0.29, 0.717) is 6.54 Å². The van der Waals surface area contributed by atoms with Gasteiger partial charge in [-0.2, -0.15) is 0 Å². The van der Waals surface area contributed by atoms with Gasteiger partial charge in [0.1, 0.15) is 6.04 Å². The van der Waals surface area contributed by atoms with Gasteiger partial charge in [-0.05, 0) is 49.6 Å². The summed E-state index contributed by atoms with van der Waals surface area (Å²) in [5.41, 5.74) is 3.34. The van der Waals surface area contributed by atoms with Gasteiger partial charge >= 0.3 is 5.97 Å². The predicted molar refractivity (Wildman–Crippen MR) is 82.2 cm³/mol. The first kappa shape index (κ1) is 14.0. The van der Waals surface area contributed by atoms with Crippen molar-refractivity contribution >= 4 is 16.9 Å². The minimum atomic E-state index is -0.700. The maximum Gasteiger partial charge on any atom is 0.320 e. The van der Waals surface area contributed by atoms with Crippen molar-refractivity contribution < 1.29 is 9.90 Å². The predicted octanol–water partition coefficient (Wildman–Crippen LogP) is 2.98. The van der Waals surface area contributed by atoms with Crippen molar-refractivity contribution in [2.45, 2.75) is 38.8 Å². The van der Waals surface area contributed by atoms with Gasteiger partial charge in [-0.25, -0.2) is 0 Å². The Hall–Kier alpha value is -1.94. The number of carboxylic acids is 1. The lowest BCUT2D eigenvalue weighted by Crippen LogP contribution is -2.44. The number of benzene rings is 1. The van der Waals surface area contributed by atoms with Gasteiger partial charge in [0.15, 0.2) is 0 Å². The number of carboxylic acid groups (broad SMARTS) is 1. The first-order valence-corrected chi connectivity index (χ1v) is 7.46. The highest BCUT2D eigenvalue weighted by Gasteiger charge is 2.28. The monoisotopic (exact) mass is 284 g/mol. The maximum atomic E-state index is 11.4. The van der Waals surface area contributed by atoms with E-state index in [1.165, 1.54) is 5.56 Å². The van der Waals surface area contributed by atoms with Crippen molar-refractivity contribution in [3.63, 3.8) is 0 Å². The molecule has 1 fully saturated rings. The van der Waals surface area contributed by atoms with E-state index in [9.17, 15) is 9.90 Å². The summed E-state index contributed by atoms with van der Waals surface area (Å²) >= 11 is 0. The fraction of sp³-hybridized carbons (Fsp3) is 0.412. The smallest absolute Gasteiger partial charge is 0.320 e. The second-order valence-electron chi connectivity index (χ2n) is 5.81. The number of carbonyl (C=O) groups is 1. The van der Waals surface area contributed by atoms with E-state index < -0.39 is 5.97 Å². The SMILES string of the molecule is Cc1cc(CN2CCCCC2C(=O)O)cc2cccnc12. The number of hydrogen-bond donors (Lipinski definition) is 1. The van der Waals surface area contributed by atoms with Crippen LogP contribution in [0.25, 0.3) is 10.9 Å². The minimum absolute atomic E-state index is 0.344. The van der Waals surface area contributed by atoms with Crippen LogP contribution in [0.5, 0.6) is 0 Å². The molecule has 1 atom stereocenters. The Morgan fingerprint density at radius 1 is 1.43 bits per heavy atom. The average molecular weight is 284 g/mol. The lowest BCUT2D eigenvalue weighted by atomic mass is 10.00. The number of piperidine rings is 1. The number of aryl methyl sites for hydroxylation is 1. The quantitative estimate of drug-likeness (QED) is 0.941. The van der Waals surface area contributed by atoms with E-state index in [1.54, 1.807) is 6.20 Å². The van der Waals surface area contributed by atoms with Gasteiger partial charge in [0.05, 0.1) is 5.52 Å². The number of hydrogen-bond acceptors (Lipinski definition) is 3. The van der Waals surface area contributed by atoms with Crippen LogP contribution in [-0.2, 0) is 11.3 Å². The second kappa shape index (κ2) is 5.82. The van der Waals surface area contributed by atoms with Crippen molar-refractivity contribution in [3.8, 4) is 0 Å². The molecule has 1 aromatic heterocycles. The van der Waals surface area contributed by atoms with Crippen LogP contribution >= 0.6 is 0 Å². The number of aliphatic carboxylic acids is 1. The zero-order chi connectivity index (χ0) is 14.8. The Bertz CT molecular complexity index is 669. The van der Waals surface area contributed by atoms with Gasteiger partial charge < -0.3 is 5.11 Å². The van der Waals surface area contributed by atoms with Crippen molar-refractivity contribution in [2.75, 3.05) is 6.54 Å². The molecule has 0 spiro atoms. The number of rotatable bonds is 3. The molecular weight excluding hydrogens is 264 g/mol. The maximum absolute atomic E-state index is 11.4. The van der Waals surface area contributed by atoms with Crippen LogP contribution in [0.4, 0.5) is 0 Å². The molecule has 1 saturated heterocycles. The number of likely N-dealkylation sites (tertiary alicyclic amines) is 1. The average Bonchev–Trinajstić information content (AvgIpc) is 2.47. The lowest BCUT2D eigenvalue weighted by molar-refractivity contribution is -0.144. The van der Waals surface area contributed by atoms with E-state index in [1.807, 2.05) is 6.07 Å². The highest BCUT2D eigenvalue weighted by Crippen LogP contribution is 2.23. The van der Waals surface area contributed by atoms with Crippen LogP contribution in [0, 0.1) is 6.92 Å². The molecule has 1 aliphatic rings. The lowest BCUT2D eigenvalue weighted by Gasteiger charge is -2.33. The van der Waals surface area contributed by atoms with Gasteiger partial charge in [-0.1, -0.05) is 18.6 Å². The van der Waals surface area contributed by atoms with E-state index in [2.05, 4.69) is 35.0 Å². The summed E-state index contributed by atoms with van der Waals surface area (Å²) in [7, 11) is 0. The van der Waals surface area contributed by atoms with Crippen LogP contribution in [0.2, 0.25) is 0 Å². The number of fused-ring (bicyclic) bond motifs is 1. The topological polar surface area (TPSA) is 53.4 Å². The Balaban J connectivity index is 1.88. The molecule has 1 aromatic carbocycles. The molecule has 2 aromatic rings. The Labute approximate surface area is 124 Å². The van der Waals surface area contributed by atoms with Gasteiger partial charge in [0, 0.05) is 18.1 Å². The molecule has 1 aliphatic heterocycles. The molecule has 3 rings (SSSR count). The summed E-state index contributed by atoms with van der Waals surface area (Å²) in [6.07, 6.45) is 4.65. The summed E-state index contributed by atoms with van der Waals surface area (Å²) in [6, 6.07) is 7.91. The highest BCUT2D eigenvalue weighted by molar-refractivity contribution is 5.82. The molecule has 0 amide bonds. The minimum Gasteiger partial charge on any atom is -0.480 e. The van der Waals surface area contributed by atoms with Crippen molar-refractivity contribution in [1.82, 2.24) is 9.88 Å². The fourth-order valence-electron chi connectivity index (χ4n) is 3.24. The van der Waals surface area contributed by atoms with Crippen LogP contribution in [0.15, 0.2) is 30.5 Å². The largest absolute Gasteiger partial charge is 0.480 e. The first-order valence-electron chi connectivity index (χ1n) is 7.46. The highest BCUT2D eigenvalue weighted by atomic mass is 16.4. The number of aromatic nitrogens is 1. The van der Waals surface area contributed by atoms with Crippen LogP contribution in [-0.4, -0.2) is 33.5 Å². The normalized spacial score (nSPS) is 19.8. The van der Waals surface area contributed by atoms with Crippen molar-refractivity contribution in [2.24, 2.45) is 0 Å². The van der Waals surface area contributed by atoms with E-state index in [4.69, 9.17) is 0 Å². The summed E-state index contributed by atoms with van der Waals surface area (Å²) in [4.78, 5) is 17.9. The van der Waals surface area contributed by atoms with Gasteiger partial charge in [-0.3, -0.25) is 14.7 Å². The standard InChI is InChI=1S/C17H20N2O2/c1-12-9-13(10-14-5-4-7-18-16(12)14)11-19-8-3-2-6-15(19)17(20)21/h4-5,7,9-10,15H,2-3,6,8,11H2,1H3,(H,20,21). The molecule has 0 bridgehead atoms.